The molecule has 2 atom stereocenters. The number of hydrogen-bond donors (Lipinski definition) is 1. The maximum Gasteiger partial charge on any atom is 0.272 e. The largest absolute Gasteiger partial charge is 0.313 e. The topological polar surface area (TPSA) is 55.2 Å². The summed E-state index contributed by atoms with van der Waals surface area (Å²) >= 11 is 0. The van der Waals surface area contributed by atoms with Gasteiger partial charge in [0.15, 0.2) is 0 Å². The number of hydrogen-bond acceptors (Lipinski definition) is 3. The van der Waals surface area contributed by atoms with Gasteiger partial charge in [0.2, 0.25) is 0 Å². The molecule has 1 aliphatic rings. The van der Waals surface area contributed by atoms with Crippen molar-refractivity contribution in [1.29, 1.82) is 0 Å². The second kappa shape index (κ2) is 7.55. The van der Waals surface area contributed by atoms with Crippen LogP contribution < -0.4 is 5.32 Å². The molecular weight excluding hydrogens is 264 g/mol. The highest BCUT2D eigenvalue weighted by molar-refractivity contribution is 5.42. The van der Waals surface area contributed by atoms with Crippen LogP contribution in [0.5, 0.6) is 0 Å². The minimum absolute atomic E-state index is 0.218. The van der Waals surface area contributed by atoms with E-state index in [2.05, 4.69) is 12.2 Å². The summed E-state index contributed by atoms with van der Waals surface area (Å²) in [5.41, 5.74) is 1.93. The first-order chi connectivity index (χ1) is 10.1. The van der Waals surface area contributed by atoms with Crippen molar-refractivity contribution in [3.05, 3.63) is 39.4 Å². The second-order valence-electron chi connectivity index (χ2n) is 6.48. The molecule has 0 heterocycles. The van der Waals surface area contributed by atoms with Crippen LogP contribution in [-0.4, -0.2) is 11.5 Å². The Bertz CT molecular complexity index is 488. The second-order valence-corrected chi connectivity index (χ2v) is 6.48. The van der Waals surface area contributed by atoms with E-state index >= 15 is 0 Å². The van der Waals surface area contributed by atoms with E-state index in [4.69, 9.17) is 0 Å². The highest BCUT2D eigenvalue weighted by atomic mass is 16.6. The van der Waals surface area contributed by atoms with Crippen LogP contribution in [0.3, 0.4) is 0 Å². The van der Waals surface area contributed by atoms with Crippen LogP contribution in [0.15, 0.2) is 18.2 Å². The van der Waals surface area contributed by atoms with Gasteiger partial charge >= 0.3 is 0 Å². The molecule has 4 heteroatoms. The van der Waals surface area contributed by atoms with E-state index in [1.54, 1.807) is 13.0 Å². The van der Waals surface area contributed by atoms with Gasteiger partial charge in [0.05, 0.1) is 4.92 Å². The van der Waals surface area contributed by atoms with Crippen molar-refractivity contribution < 1.29 is 4.92 Å². The predicted octanol–water partition coefficient (Wildman–Crippen LogP) is 4.21. The van der Waals surface area contributed by atoms with Gasteiger partial charge in [-0.25, -0.2) is 0 Å². The zero-order valence-electron chi connectivity index (χ0n) is 13.1. The Balaban J connectivity index is 1.76. The smallest absolute Gasteiger partial charge is 0.272 e. The van der Waals surface area contributed by atoms with Crippen LogP contribution >= 0.6 is 0 Å². The molecular formula is C17H26N2O2. The van der Waals surface area contributed by atoms with Crippen molar-refractivity contribution in [3.63, 3.8) is 0 Å². The summed E-state index contributed by atoms with van der Waals surface area (Å²) in [6.07, 6.45) is 6.70. The van der Waals surface area contributed by atoms with Gasteiger partial charge in [-0.2, -0.15) is 0 Å². The van der Waals surface area contributed by atoms with E-state index in [1.807, 2.05) is 12.1 Å². The Labute approximate surface area is 127 Å². The Morgan fingerprint density at radius 1 is 1.38 bits per heavy atom. The van der Waals surface area contributed by atoms with Gasteiger partial charge in [-0.05, 0) is 43.7 Å². The van der Waals surface area contributed by atoms with Crippen molar-refractivity contribution in [3.8, 4) is 0 Å². The standard InChI is InChI=1S/C17H26N2O2/c1-13-4-3-5-15(10-13)8-9-18-12-16-7-6-14(2)17(11-16)19(20)21/h6-7,11,13,15,18H,3-5,8-10,12H2,1-2H3. The molecule has 1 saturated carbocycles. The van der Waals surface area contributed by atoms with Crippen molar-refractivity contribution in [1.82, 2.24) is 5.32 Å². The summed E-state index contributed by atoms with van der Waals surface area (Å²) in [5, 5.41) is 14.4. The molecule has 1 aliphatic carbocycles. The molecule has 1 aromatic carbocycles. The van der Waals surface area contributed by atoms with Crippen LogP contribution in [0.2, 0.25) is 0 Å². The summed E-state index contributed by atoms with van der Waals surface area (Å²) < 4.78 is 0. The number of nitro groups is 1. The summed E-state index contributed by atoms with van der Waals surface area (Å²) in [6, 6.07) is 5.49. The van der Waals surface area contributed by atoms with E-state index < -0.39 is 0 Å². The Morgan fingerprint density at radius 3 is 2.90 bits per heavy atom. The van der Waals surface area contributed by atoms with Gasteiger partial charge in [0, 0.05) is 18.2 Å². The molecule has 1 aromatic rings. The highest BCUT2D eigenvalue weighted by Crippen LogP contribution is 2.30. The molecule has 0 radical (unpaired) electrons. The van der Waals surface area contributed by atoms with E-state index in [0.29, 0.717) is 6.54 Å². The van der Waals surface area contributed by atoms with Gasteiger partial charge in [-0.3, -0.25) is 10.1 Å². The van der Waals surface area contributed by atoms with Gasteiger partial charge in [-0.1, -0.05) is 38.3 Å². The van der Waals surface area contributed by atoms with E-state index in [-0.39, 0.29) is 10.6 Å². The average Bonchev–Trinajstić information content (AvgIpc) is 2.45. The number of benzene rings is 1. The number of rotatable bonds is 6. The molecule has 0 amide bonds. The Kier molecular flexibility index (Phi) is 5.74. The minimum Gasteiger partial charge on any atom is -0.313 e. The SMILES string of the molecule is Cc1ccc(CNCCC2CCCC(C)C2)cc1[N+](=O)[O-]. The molecule has 0 saturated heterocycles. The quantitative estimate of drug-likeness (QED) is 0.485. The van der Waals surface area contributed by atoms with Crippen LogP contribution in [0, 0.1) is 28.9 Å². The number of nitrogens with zero attached hydrogens (tertiary/aromatic N) is 1. The lowest BCUT2D eigenvalue weighted by atomic mass is 9.81. The molecule has 0 aliphatic heterocycles. The molecule has 1 fully saturated rings. The summed E-state index contributed by atoms with van der Waals surface area (Å²) in [5.74, 6) is 1.73. The van der Waals surface area contributed by atoms with E-state index in [9.17, 15) is 10.1 Å². The molecule has 0 spiro atoms. The summed E-state index contributed by atoms with van der Waals surface area (Å²) in [6.45, 7) is 5.84. The van der Waals surface area contributed by atoms with Crippen molar-refractivity contribution >= 4 is 5.69 Å². The van der Waals surface area contributed by atoms with E-state index in [1.165, 1.54) is 32.1 Å². The fourth-order valence-corrected chi connectivity index (χ4v) is 3.32. The molecule has 0 bridgehead atoms. The fourth-order valence-electron chi connectivity index (χ4n) is 3.32. The van der Waals surface area contributed by atoms with Gasteiger partial charge in [0.1, 0.15) is 0 Å². The molecule has 21 heavy (non-hydrogen) atoms. The maximum absolute atomic E-state index is 10.9. The fraction of sp³-hybridized carbons (Fsp3) is 0.647. The van der Waals surface area contributed by atoms with Gasteiger partial charge in [-0.15, -0.1) is 0 Å². The monoisotopic (exact) mass is 290 g/mol. The first-order valence-electron chi connectivity index (χ1n) is 8.01. The third kappa shape index (κ3) is 4.81. The van der Waals surface area contributed by atoms with Crippen LogP contribution in [0.4, 0.5) is 5.69 Å². The highest BCUT2D eigenvalue weighted by Gasteiger charge is 2.18. The lowest BCUT2D eigenvalue weighted by Gasteiger charge is -2.26. The lowest BCUT2D eigenvalue weighted by molar-refractivity contribution is -0.385. The van der Waals surface area contributed by atoms with Crippen molar-refractivity contribution in [2.24, 2.45) is 11.8 Å². The van der Waals surface area contributed by atoms with E-state index in [0.717, 1.165) is 29.5 Å². The minimum atomic E-state index is -0.303. The molecule has 4 nitrogen and oxygen atoms in total. The average molecular weight is 290 g/mol. The number of aryl methyl sites for hydroxylation is 1. The molecule has 2 unspecified atom stereocenters. The molecule has 0 aromatic heterocycles. The zero-order chi connectivity index (χ0) is 15.2. The summed E-state index contributed by atoms with van der Waals surface area (Å²) in [7, 11) is 0. The third-order valence-electron chi connectivity index (χ3n) is 4.57. The van der Waals surface area contributed by atoms with Crippen LogP contribution in [0.1, 0.15) is 50.2 Å². The van der Waals surface area contributed by atoms with Gasteiger partial charge < -0.3 is 5.32 Å². The maximum atomic E-state index is 10.9. The lowest BCUT2D eigenvalue weighted by Crippen LogP contribution is -2.21. The van der Waals surface area contributed by atoms with Crippen LogP contribution in [-0.2, 0) is 6.54 Å². The molecule has 116 valence electrons. The van der Waals surface area contributed by atoms with Crippen LogP contribution in [0.25, 0.3) is 0 Å². The normalized spacial score (nSPS) is 22.2. The number of nitrogens with one attached hydrogen (secondary N) is 1. The van der Waals surface area contributed by atoms with Crippen molar-refractivity contribution in [2.75, 3.05) is 6.54 Å². The Morgan fingerprint density at radius 2 is 2.19 bits per heavy atom. The predicted molar refractivity (Wildman–Crippen MR) is 85.3 cm³/mol. The molecule has 2 rings (SSSR count). The third-order valence-corrected chi connectivity index (χ3v) is 4.57. The van der Waals surface area contributed by atoms with Crippen molar-refractivity contribution in [2.45, 2.75) is 52.5 Å². The van der Waals surface area contributed by atoms with Gasteiger partial charge in [0.25, 0.3) is 5.69 Å². The number of nitro benzene ring substituents is 1. The first kappa shape index (κ1) is 16.0. The summed E-state index contributed by atoms with van der Waals surface area (Å²) in [4.78, 5) is 10.6. The first-order valence-corrected chi connectivity index (χ1v) is 8.01. The Hall–Kier alpha value is -1.42. The zero-order valence-corrected chi connectivity index (χ0v) is 13.1. The molecule has 1 N–H and O–H groups in total.